The van der Waals surface area contributed by atoms with Crippen molar-refractivity contribution >= 4 is 12.2 Å². The smallest absolute Gasteiger partial charge is 0.244 e. The number of amides is 1. The Labute approximate surface area is 83.8 Å². The van der Waals surface area contributed by atoms with Crippen LogP contribution in [0.15, 0.2) is 12.2 Å². The van der Waals surface area contributed by atoms with Gasteiger partial charge in [0.25, 0.3) is 0 Å². The number of hydrogen-bond acceptors (Lipinski definition) is 3. The van der Waals surface area contributed by atoms with E-state index in [9.17, 15) is 9.59 Å². The van der Waals surface area contributed by atoms with Gasteiger partial charge in [-0.3, -0.25) is 9.59 Å². The molecule has 1 saturated heterocycles. The van der Waals surface area contributed by atoms with Gasteiger partial charge in [0.15, 0.2) is 0 Å². The number of carbonyl (C=O) groups excluding carboxylic acids is 2. The second-order valence-electron chi connectivity index (χ2n) is 3.43. The van der Waals surface area contributed by atoms with Crippen molar-refractivity contribution in [2.45, 2.75) is 12.8 Å². The largest absolute Gasteiger partial charge is 0.352 e. The van der Waals surface area contributed by atoms with Gasteiger partial charge >= 0.3 is 0 Å². The molecule has 1 fully saturated rings. The molecule has 14 heavy (non-hydrogen) atoms. The average molecular weight is 196 g/mol. The third kappa shape index (κ3) is 4.18. The van der Waals surface area contributed by atoms with Crippen LogP contribution >= 0.6 is 0 Å². The predicted octanol–water partition coefficient (Wildman–Crippen LogP) is -0.143. The van der Waals surface area contributed by atoms with Gasteiger partial charge in [-0.25, -0.2) is 0 Å². The Kier molecular flexibility index (Phi) is 4.93. The summed E-state index contributed by atoms with van der Waals surface area (Å²) in [6.45, 7) is 2.78. The van der Waals surface area contributed by atoms with Gasteiger partial charge in [-0.15, -0.1) is 0 Å². The van der Waals surface area contributed by atoms with Gasteiger partial charge < -0.3 is 10.6 Å². The Morgan fingerprint density at radius 1 is 1.43 bits per heavy atom. The molecule has 0 aliphatic carbocycles. The second kappa shape index (κ2) is 6.32. The molecule has 0 saturated carbocycles. The fraction of sp³-hybridized carbons (Fsp3) is 0.600. The molecule has 0 aromatic heterocycles. The van der Waals surface area contributed by atoms with E-state index in [1.54, 1.807) is 0 Å². The standard InChI is InChI=1S/C10H16N2O2/c13-7-1-2-10(14)12-8-9-3-5-11-6-4-9/h1-2,7,9,11H,3-6,8H2,(H,12,14)/b2-1+. The summed E-state index contributed by atoms with van der Waals surface area (Å²) >= 11 is 0. The van der Waals surface area contributed by atoms with Crippen molar-refractivity contribution in [2.24, 2.45) is 5.92 Å². The lowest BCUT2D eigenvalue weighted by molar-refractivity contribution is -0.117. The number of nitrogens with one attached hydrogen (secondary N) is 2. The number of aldehydes is 1. The zero-order chi connectivity index (χ0) is 10.2. The molecule has 0 atom stereocenters. The van der Waals surface area contributed by atoms with E-state index in [4.69, 9.17) is 0 Å². The number of hydrogen-bond donors (Lipinski definition) is 2. The van der Waals surface area contributed by atoms with Crippen molar-refractivity contribution in [3.8, 4) is 0 Å². The van der Waals surface area contributed by atoms with Gasteiger partial charge in [-0.2, -0.15) is 0 Å². The first-order valence-electron chi connectivity index (χ1n) is 4.93. The molecule has 0 radical (unpaired) electrons. The number of rotatable bonds is 4. The first kappa shape index (κ1) is 10.9. The summed E-state index contributed by atoms with van der Waals surface area (Å²) in [6.07, 6.45) is 5.28. The third-order valence-corrected chi connectivity index (χ3v) is 2.35. The summed E-state index contributed by atoms with van der Waals surface area (Å²) in [6, 6.07) is 0. The molecule has 0 bridgehead atoms. The van der Waals surface area contributed by atoms with Crippen LogP contribution in [0, 0.1) is 5.92 Å². The minimum absolute atomic E-state index is 0.185. The zero-order valence-corrected chi connectivity index (χ0v) is 8.16. The fourth-order valence-corrected chi connectivity index (χ4v) is 1.52. The van der Waals surface area contributed by atoms with Crippen molar-refractivity contribution in [1.82, 2.24) is 10.6 Å². The molecule has 4 nitrogen and oxygen atoms in total. The molecule has 0 aromatic carbocycles. The van der Waals surface area contributed by atoms with Crippen molar-refractivity contribution in [3.63, 3.8) is 0 Å². The molecule has 0 spiro atoms. The monoisotopic (exact) mass is 196 g/mol. The highest BCUT2D eigenvalue weighted by Crippen LogP contribution is 2.09. The molecule has 78 valence electrons. The van der Waals surface area contributed by atoms with E-state index in [-0.39, 0.29) is 5.91 Å². The minimum Gasteiger partial charge on any atom is -0.352 e. The van der Waals surface area contributed by atoms with Gasteiger partial charge in [0.1, 0.15) is 6.29 Å². The summed E-state index contributed by atoms with van der Waals surface area (Å²) in [5.74, 6) is 0.389. The van der Waals surface area contributed by atoms with E-state index in [0.717, 1.165) is 25.9 Å². The highest BCUT2D eigenvalue weighted by molar-refractivity contribution is 5.90. The normalized spacial score (nSPS) is 18.3. The molecule has 1 amide bonds. The molecule has 0 unspecified atom stereocenters. The average Bonchev–Trinajstić information content (AvgIpc) is 2.25. The Hall–Kier alpha value is -1.16. The Balaban J connectivity index is 2.15. The molecule has 2 N–H and O–H groups in total. The molecular formula is C10H16N2O2. The van der Waals surface area contributed by atoms with Crippen LogP contribution in [-0.2, 0) is 9.59 Å². The Morgan fingerprint density at radius 2 is 2.14 bits per heavy atom. The number of allylic oxidation sites excluding steroid dienone is 1. The quantitative estimate of drug-likeness (QED) is 0.486. The van der Waals surface area contributed by atoms with E-state index < -0.39 is 0 Å². The second-order valence-corrected chi connectivity index (χ2v) is 3.43. The van der Waals surface area contributed by atoms with Gasteiger partial charge in [0.2, 0.25) is 5.91 Å². The lowest BCUT2D eigenvalue weighted by atomic mass is 9.98. The van der Waals surface area contributed by atoms with Crippen LogP contribution in [0.4, 0.5) is 0 Å². The molecule has 1 rings (SSSR count). The van der Waals surface area contributed by atoms with Gasteiger partial charge in [-0.05, 0) is 37.9 Å². The van der Waals surface area contributed by atoms with Crippen LogP contribution in [0.25, 0.3) is 0 Å². The summed E-state index contributed by atoms with van der Waals surface area (Å²) < 4.78 is 0. The minimum atomic E-state index is -0.185. The topological polar surface area (TPSA) is 58.2 Å². The molecular weight excluding hydrogens is 180 g/mol. The molecule has 1 aliphatic heterocycles. The predicted molar refractivity (Wildman–Crippen MR) is 53.8 cm³/mol. The van der Waals surface area contributed by atoms with Crippen LogP contribution in [0.5, 0.6) is 0 Å². The van der Waals surface area contributed by atoms with Crippen molar-refractivity contribution in [3.05, 3.63) is 12.2 Å². The number of piperidine rings is 1. The van der Waals surface area contributed by atoms with Gasteiger partial charge in [0, 0.05) is 12.6 Å². The molecule has 4 heteroatoms. The van der Waals surface area contributed by atoms with Crippen molar-refractivity contribution in [2.75, 3.05) is 19.6 Å². The van der Waals surface area contributed by atoms with Crippen LogP contribution in [0.2, 0.25) is 0 Å². The first-order valence-corrected chi connectivity index (χ1v) is 4.93. The number of carbonyl (C=O) groups is 2. The maximum Gasteiger partial charge on any atom is 0.244 e. The summed E-state index contributed by atoms with van der Waals surface area (Å²) in [7, 11) is 0. The van der Waals surface area contributed by atoms with Crippen LogP contribution in [0.3, 0.4) is 0 Å². The van der Waals surface area contributed by atoms with Crippen molar-refractivity contribution in [1.29, 1.82) is 0 Å². The summed E-state index contributed by atoms with van der Waals surface area (Å²) in [5.41, 5.74) is 0. The molecule has 0 aromatic rings. The van der Waals surface area contributed by atoms with E-state index in [0.29, 0.717) is 18.7 Å². The fourth-order valence-electron chi connectivity index (χ4n) is 1.52. The maximum absolute atomic E-state index is 11.1. The lowest BCUT2D eigenvalue weighted by Gasteiger charge is -2.22. The first-order chi connectivity index (χ1) is 6.83. The SMILES string of the molecule is O=C/C=C/C(=O)NCC1CCNCC1. The van der Waals surface area contributed by atoms with Gasteiger partial charge in [-0.1, -0.05) is 0 Å². The van der Waals surface area contributed by atoms with Crippen LogP contribution in [0.1, 0.15) is 12.8 Å². The molecule has 1 aliphatic rings. The van der Waals surface area contributed by atoms with E-state index in [1.165, 1.54) is 12.2 Å². The van der Waals surface area contributed by atoms with Crippen LogP contribution < -0.4 is 10.6 Å². The molecule has 1 heterocycles. The van der Waals surface area contributed by atoms with Gasteiger partial charge in [0.05, 0.1) is 0 Å². The lowest BCUT2D eigenvalue weighted by Crippen LogP contribution is -2.35. The highest BCUT2D eigenvalue weighted by Gasteiger charge is 2.12. The summed E-state index contributed by atoms with van der Waals surface area (Å²) in [4.78, 5) is 21.0. The van der Waals surface area contributed by atoms with E-state index in [2.05, 4.69) is 10.6 Å². The zero-order valence-electron chi connectivity index (χ0n) is 8.16. The van der Waals surface area contributed by atoms with Crippen LogP contribution in [-0.4, -0.2) is 31.8 Å². The maximum atomic E-state index is 11.1. The highest BCUT2D eigenvalue weighted by atomic mass is 16.1. The Morgan fingerprint density at radius 3 is 2.79 bits per heavy atom. The third-order valence-electron chi connectivity index (χ3n) is 2.35. The summed E-state index contributed by atoms with van der Waals surface area (Å²) in [5, 5.41) is 6.04. The van der Waals surface area contributed by atoms with E-state index >= 15 is 0 Å². The Bertz CT molecular complexity index is 220. The van der Waals surface area contributed by atoms with Crippen molar-refractivity contribution < 1.29 is 9.59 Å². The van der Waals surface area contributed by atoms with E-state index in [1.807, 2.05) is 0 Å².